The van der Waals surface area contributed by atoms with Crippen LogP contribution >= 0.6 is 0 Å². The average molecular weight is 449 g/mol. The largest absolute Gasteiger partial charge is 0.362 e. The Morgan fingerprint density at radius 1 is 1.06 bits per heavy atom. The van der Waals surface area contributed by atoms with E-state index in [9.17, 15) is 4.79 Å². The topological polar surface area (TPSA) is 66.7 Å². The highest BCUT2D eigenvalue weighted by atomic mass is 16.1. The Hall–Kier alpha value is -3.60. The normalized spacial score (nSPS) is 25.1. The number of ketones is 1. The lowest BCUT2D eigenvalue weighted by molar-refractivity contribution is -0.119. The second-order valence-electron chi connectivity index (χ2n) is 10.4. The molecule has 0 saturated heterocycles. The van der Waals surface area contributed by atoms with E-state index < -0.39 is 5.41 Å². The molecule has 5 heteroatoms. The monoisotopic (exact) mass is 448 g/mol. The van der Waals surface area contributed by atoms with Gasteiger partial charge in [0.25, 0.3) is 0 Å². The van der Waals surface area contributed by atoms with Crippen molar-refractivity contribution in [2.24, 2.45) is 15.6 Å². The van der Waals surface area contributed by atoms with Gasteiger partial charge in [0, 0.05) is 34.8 Å². The molecule has 1 aliphatic carbocycles. The molecule has 34 heavy (non-hydrogen) atoms. The number of Topliss-reactive ketones (excluding diaryl/α,β-unsaturated/α-hetero) is 1. The third-order valence-corrected chi connectivity index (χ3v) is 7.62. The van der Waals surface area contributed by atoms with E-state index in [0.717, 1.165) is 57.3 Å². The van der Waals surface area contributed by atoms with Crippen LogP contribution in [0.5, 0.6) is 0 Å². The van der Waals surface area contributed by atoms with Gasteiger partial charge in [0.2, 0.25) is 0 Å². The summed E-state index contributed by atoms with van der Waals surface area (Å²) >= 11 is 0. The summed E-state index contributed by atoms with van der Waals surface area (Å²) < 4.78 is 0. The zero-order valence-corrected chi connectivity index (χ0v) is 19.8. The molecular formula is C29H28N4O. The number of azo groups is 1. The number of hydrogen-bond acceptors (Lipinski definition) is 5. The number of nitrogens with one attached hydrogen (secondary N) is 1. The molecule has 3 aliphatic rings. The van der Waals surface area contributed by atoms with Crippen LogP contribution in [-0.4, -0.2) is 16.9 Å². The first-order valence-electron chi connectivity index (χ1n) is 12.0. The van der Waals surface area contributed by atoms with Crippen molar-refractivity contribution >= 4 is 16.7 Å². The minimum Gasteiger partial charge on any atom is -0.362 e. The molecule has 0 amide bonds. The molecule has 2 aromatic carbocycles. The maximum Gasteiger partial charge on any atom is 0.164 e. The number of rotatable bonds is 3. The first kappa shape index (κ1) is 21.0. The van der Waals surface area contributed by atoms with E-state index in [1.807, 2.05) is 30.6 Å². The highest BCUT2D eigenvalue weighted by Gasteiger charge is 2.52. The molecule has 1 aromatic heterocycles. The van der Waals surface area contributed by atoms with Gasteiger partial charge in [-0.05, 0) is 53.1 Å². The smallest absolute Gasteiger partial charge is 0.164 e. The van der Waals surface area contributed by atoms with Crippen LogP contribution in [0, 0.1) is 5.41 Å². The van der Waals surface area contributed by atoms with Crippen molar-refractivity contribution in [2.45, 2.75) is 51.6 Å². The summed E-state index contributed by atoms with van der Waals surface area (Å²) in [7, 11) is 0. The van der Waals surface area contributed by atoms with Gasteiger partial charge in [0.1, 0.15) is 0 Å². The van der Waals surface area contributed by atoms with Crippen LogP contribution in [0.4, 0.5) is 0 Å². The van der Waals surface area contributed by atoms with Crippen molar-refractivity contribution in [3.63, 3.8) is 0 Å². The fourth-order valence-electron chi connectivity index (χ4n) is 6.19. The third kappa shape index (κ3) is 2.99. The number of carbonyl (C=O) groups excluding carboxylic acids is 1. The van der Waals surface area contributed by atoms with Crippen LogP contribution in [0.1, 0.15) is 45.6 Å². The third-order valence-electron chi connectivity index (χ3n) is 7.62. The van der Waals surface area contributed by atoms with Crippen LogP contribution in [-0.2, 0) is 10.2 Å². The van der Waals surface area contributed by atoms with Gasteiger partial charge in [-0.25, -0.2) is 0 Å². The molecule has 170 valence electrons. The fourth-order valence-corrected chi connectivity index (χ4v) is 6.19. The molecule has 0 bridgehead atoms. The molecule has 2 atom stereocenters. The van der Waals surface area contributed by atoms with E-state index in [2.05, 4.69) is 77.7 Å². The number of hydrogen-bond donors (Lipinski definition) is 1. The highest BCUT2D eigenvalue weighted by Crippen LogP contribution is 2.54. The molecule has 0 spiro atoms. The number of benzene rings is 2. The molecule has 3 aromatic rings. The Balaban J connectivity index is 1.59. The number of allylic oxidation sites excluding steroid dienone is 2. The molecule has 3 heterocycles. The minimum atomic E-state index is -0.540. The summed E-state index contributed by atoms with van der Waals surface area (Å²) in [5, 5.41) is 13.4. The van der Waals surface area contributed by atoms with Gasteiger partial charge < -0.3 is 5.32 Å². The van der Waals surface area contributed by atoms with E-state index in [0.29, 0.717) is 6.42 Å². The summed E-state index contributed by atoms with van der Waals surface area (Å²) in [6.07, 6.45) is 5.68. The van der Waals surface area contributed by atoms with Gasteiger partial charge in [-0.3, -0.25) is 9.78 Å². The SMILES string of the molecule is CC[C@@]1(c2cccc(-c3ccnc4ccccc34)c2)C2=CN=NC2NC2=C1C(=O)CC(C)(C)C2. The second-order valence-corrected chi connectivity index (χ2v) is 10.4. The zero-order chi connectivity index (χ0) is 23.5. The lowest BCUT2D eigenvalue weighted by Crippen LogP contribution is -2.51. The quantitative estimate of drug-likeness (QED) is 0.499. The Labute approximate surface area is 199 Å². The van der Waals surface area contributed by atoms with Crippen molar-refractivity contribution in [3.8, 4) is 11.1 Å². The van der Waals surface area contributed by atoms with E-state index in [-0.39, 0.29) is 17.4 Å². The number of para-hydroxylation sites is 1. The van der Waals surface area contributed by atoms with Crippen LogP contribution in [0.25, 0.3) is 22.0 Å². The maximum atomic E-state index is 13.7. The molecule has 0 radical (unpaired) electrons. The van der Waals surface area contributed by atoms with Crippen LogP contribution in [0.2, 0.25) is 0 Å². The van der Waals surface area contributed by atoms with Gasteiger partial charge in [-0.2, -0.15) is 10.2 Å². The Morgan fingerprint density at radius 2 is 1.91 bits per heavy atom. The summed E-state index contributed by atoms with van der Waals surface area (Å²) in [6, 6.07) is 19.0. The second kappa shape index (κ2) is 7.45. The predicted molar refractivity (Wildman–Crippen MR) is 134 cm³/mol. The summed E-state index contributed by atoms with van der Waals surface area (Å²) in [6.45, 7) is 6.51. The number of nitrogens with zero attached hydrogens (tertiary/aromatic N) is 3. The van der Waals surface area contributed by atoms with E-state index >= 15 is 0 Å². The molecule has 0 saturated carbocycles. The Morgan fingerprint density at radius 3 is 2.76 bits per heavy atom. The van der Waals surface area contributed by atoms with Crippen molar-refractivity contribution in [1.29, 1.82) is 0 Å². The maximum absolute atomic E-state index is 13.7. The summed E-state index contributed by atoms with van der Waals surface area (Å²) in [5.74, 6) is 0.228. The standard InChI is InChI=1S/C29H28N4O/c1-4-29(22-17-31-33-27(22)32-24-15-28(2,3)16-25(34)26(24)29)19-9-7-8-18(14-19)20-12-13-30-23-11-6-5-10-21(20)23/h5-14,17,27,32H,4,15-16H2,1-3H3/t27?,29-/m1/s1. The lowest BCUT2D eigenvalue weighted by Gasteiger charge is -2.47. The predicted octanol–water partition coefficient (Wildman–Crippen LogP) is 6.47. The van der Waals surface area contributed by atoms with E-state index in [4.69, 9.17) is 0 Å². The molecule has 6 rings (SSSR count). The van der Waals surface area contributed by atoms with Gasteiger partial charge >= 0.3 is 0 Å². The number of pyridine rings is 1. The minimum absolute atomic E-state index is 0.0723. The van der Waals surface area contributed by atoms with E-state index in [1.165, 1.54) is 0 Å². The number of aromatic nitrogens is 1. The van der Waals surface area contributed by atoms with Gasteiger partial charge in [-0.15, -0.1) is 0 Å². The number of fused-ring (bicyclic) bond motifs is 2. The summed E-state index contributed by atoms with van der Waals surface area (Å²) in [4.78, 5) is 18.3. The van der Waals surface area contributed by atoms with Crippen LogP contribution in [0.3, 0.4) is 0 Å². The van der Waals surface area contributed by atoms with Crippen molar-refractivity contribution in [3.05, 3.63) is 89.4 Å². The van der Waals surface area contributed by atoms with Crippen molar-refractivity contribution in [1.82, 2.24) is 10.3 Å². The highest BCUT2D eigenvalue weighted by molar-refractivity contribution is 6.02. The summed E-state index contributed by atoms with van der Waals surface area (Å²) in [5.41, 5.74) is 6.76. The average Bonchev–Trinajstić information content (AvgIpc) is 3.30. The molecule has 2 aliphatic heterocycles. The fraction of sp³-hybridized carbons (Fsp3) is 0.310. The molecular weight excluding hydrogens is 420 g/mol. The van der Waals surface area contributed by atoms with Gasteiger partial charge in [-0.1, -0.05) is 57.2 Å². The number of carbonyl (C=O) groups is 1. The molecule has 5 nitrogen and oxygen atoms in total. The van der Waals surface area contributed by atoms with Crippen molar-refractivity contribution in [2.75, 3.05) is 0 Å². The van der Waals surface area contributed by atoms with Crippen LogP contribution in [0.15, 0.2) is 94.1 Å². The van der Waals surface area contributed by atoms with Gasteiger partial charge in [0.05, 0.1) is 17.1 Å². The lowest BCUT2D eigenvalue weighted by atomic mass is 9.58. The Kier molecular flexibility index (Phi) is 4.60. The first-order chi connectivity index (χ1) is 16.4. The van der Waals surface area contributed by atoms with Crippen LogP contribution < -0.4 is 5.32 Å². The van der Waals surface area contributed by atoms with Gasteiger partial charge in [0.15, 0.2) is 11.9 Å². The van der Waals surface area contributed by atoms with E-state index in [1.54, 1.807) is 0 Å². The molecule has 1 unspecified atom stereocenters. The van der Waals surface area contributed by atoms with Crippen molar-refractivity contribution < 1.29 is 4.79 Å². The molecule has 0 fully saturated rings. The zero-order valence-electron chi connectivity index (χ0n) is 19.8. The Bertz CT molecular complexity index is 1430. The first-order valence-corrected chi connectivity index (χ1v) is 12.0. The molecule has 1 N–H and O–H groups in total.